The Hall–Kier alpha value is -3.82. The van der Waals surface area contributed by atoms with Crippen LogP contribution in [0.4, 0.5) is 4.39 Å². The van der Waals surface area contributed by atoms with Gasteiger partial charge in [0, 0.05) is 38.3 Å². The number of fused-ring (bicyclic) bond motifs is 1. The molecule has 2 aromatic heterocycles. The normalized spacial score (nSPS) is 16.7. The van der Waals surface area contributed by atoms with Crippen LogP contribution < -0.4 is 11.2 Å². The molecule has 1 aromatic carbocycles. The average Bonchev–Trinajstić information content (AvgIpc) is 3.42. The van der Waals surface area contributed by atoms with Crippen molar-refractivity contribution in [1.82, 2.24) is 24.3 Å². The Morgan fingerprint density at radius 2 is 1.74 bits per heavy atom. The number of halogens is 1. The molecule has 182 valence electrons. The number of nitrogens with zero attached hydrogens (tertiary/aromatic N) is 4. The first-order valence-corrected chi connectivity index (χ1v) is 11.9. The maximum Gasteiger partial charge on any atom is 0.330 e. The minimum atomic E-state index is -0.653. The highest BCUT2D eigenvalue weighted by atomic mass is 19.1. The summed E-state index contributed by atoms with van der Waals surface area (Å²) in [6.07, 6.45) is 5.51. The predicted octanol–water partition coefficient (Wildman–Crippen LogP) is 1.75. The number of pyridine rings is 1. The van der Waals surface area contributed by atoms with Crippen molar-refractivity contribution in [2.24, 2.45) is 5.92 Å². The molecule has 1 N–H and O–H groups in total. The molecule has 10 heteroatoms. The molecule has 1 aliphatic carbocycles. The Labute approximate surface area is 200 Å². The van der Waals surface area contributed by atoms with Gasteiger partial charge in [0.2, 0.25) is 5.91 Å². The number of aromatic amines is 1. The molecule has 9 nitrogen and oxygen atoms in total. The first-order valence-electron chi connectivity index (χ1n) is 11.9. The van der Waals surface area contributed by atoms with Crippen molar-refractivity contribution in [1.29, 1.82) is 0 Å². The van der Waals surface area contributed by atoms with E-state index in [4.69, 9.17) is 0 Å². The molecule has 0 radical (unpaired) electrons. The lowest BCUT2D eigenvalue weighted by molar-refractivity contribution is -0.136. The van der Waals surface area contributed by atoms with Crippen LogP contribution in [-0.2, 0) is 11.3 Å². The zero-order chi connectivity index (χ0) is 24.5. The zero-order valence-electron chi connectivity index (χ0n) is 19.2. The summed E-state index contributed by atoms with van der Waals surface area (Å²) in [5.41, 5.74) is -0.531. The van der Waals surface area contributed by atoms with E-state index in [1.807, 2.05) is 4.90 Å². The molecule has 1 saturated heterocycles. The molecule has 2 fully saturated rings. The molecular weight excluding hydrogens is 453 g/mol. The van der Waals surface area contributed by atoms with Crippen LogP contribution in [0.3, 0.4) is 0 Å². The fraction of sp³-hybridized carbons (Fsp3) is 0.400. The third kappa shape index (κ3) is 4.48. The van der Waals surface area contributed by atoms with E-state index in [-0.39, 0.29) is 35.0 Å². The highest BCUT2D eigenvalue weighted by molar-refractivity contribution is 5.95. The van der Waals surface area contributed by atoms with Crippen LogP contribution in [0, 0.1) is 11.7 Å². The van der Waals surface area contributed by atoms with E-state index in [2.05, 4.69) is 9.97 Å². The summed E-state index contributed by atoms with van der Waals surface area (Å²) in [6.45, 7) is 1.57. The first kappa shape index (κ1) is 22.9. The van der Waals surface area contributed by atoms with Gasteiger partial charge in [-0.15, -0.1) is 0 Å². The van der Waals surface area contributed by atoms with Gasteiger partial charge in [0.15, 0.2) is 0 Å². The number of rotatable bonds is 4. The van der Waals surface area contributed by atoms with E-state index in [0.29, 0.717) is 31.7 Å². The Morgan fingerprint density at radius 1 is 1.03 bits per heavy atom. The monoisotopic (exact) mass is 479 g/mol. The summed E-state index contributed by atoms with van der Waals surface area (Å²) < 4.78 is 16.0. The van der Waals surface area contributed by atoms with Crippen LogP contribution >= 0.6 is 0 Å². The predicted molar refractivity (Wildman–Crippen MR) is 127 cm³/mol. The molecule has 2 amide bonds. The molecule has 1 saturated carbocycles. The second-order valence-electron chi connectivity index (χ2n) is 9.13. The van der Waals surface area contributed by atoms with Crippen molar-refractivity contribution in [3.8, 4) is 0 Å². The summed E-state index contributed by atoms with van der Waals surface area (Å²) in [5, 5.41) is 0.260. The number of amides is 2. The minimum Gasteiger partial charge on any atom is -0.339 e. The highest BCUT2D eigenvalue weighted by Gasteiger charge is 2.31. The topological polar surface area (TPSA) is 108 Å². The molecule has 0 atom stereocenters. The van der Waals surface area contributed by atoms with Gasteiger partial charge in [-0.2, -0.15) is 0 Å². The van der Waals surface area contributed by atoms with Crippen molar-refractivity contribution >= 4 is 22.8 Å². The largest absolute Gasteiger partial charge is 0.339 e. The Bertz CT molecular complexity index is 1400. The molecule has 3 heterocycles. The van der Waals surface area contributed by atoms with Crippen molar-refractivity contribution in [3.05, 3.63) is 74.3 Å². The lowest BCUT2D eigenvalue weighted by Gasteiger charge is -2.36. The summed E-state index contributed by atoms with van der Waals surface area (Å²) in [5.74, 6) is -0.850. The van der Waals surface area contributed by atoms with E-state index in [0.717, 1.165) is 25.7 Å². The SMILES string of the molecule is O=C(c1cc(Cn2c(=O)[nH]c(=O)c3cccnc32)ccc1F)N1CCN(C(=O)C2CCCC2)CC1. The summed E-state index contributed by atoms with van der Waals surface area (Å²) in [7, 11) is 0. The quantitative estimate of drug-likeness (QED) is 0.613. The molecule has 3 aromatic rings. The number of benzene rings is 1. The lowest BCUT2D eigenvalue weighted by Crippen LogP contribution is -2.51. The number of carbonyl (C=O) groups is 2. The summed E-state index contributed by atoms with van der Waals surface area (Å²) >= 11 is 0. The maximum absolute atomic E-state index is 14.7. The number of hydrogen-bond donors (Lipinski definition) is 1. The minimum absolute atomic E-state index is 0.00730. The van der Waals surface area contributed by atoms with E-state index in [1.165, 1.54) is 29.0 Å². The molecule has 5 rings (SSSR count). The molecule has 0 unspecified atom stereocenters. The van der Waals surface area contributed by atoms with Gasteiger partial charge in [0.1, 0.15) is 11.5 Å². The second-order valence-corrected chi connectivity index (χ2v) is 9.13. The van der Waals surface area contributed by atoms with Crippen LogP contribution in [0.1, 0.15) is 41.6 Å². The summed E-state index contributed by atoms with van der Waals surface area (Å²) in [6, 6.07) is 7.29. The van der Waals surface area contributed by atoms with Crippen LogP contribution in [0.5, 0.6) is 0 Å². The van der Waals surface area contributed by atoms with Crippen molar-refractivity contribution in [2.75, 3.05) is 26.2 Å². The highest BCUT2D eigenvalue weighted by Crippen LogP contribution is 2.27. The summed E-state index contributed by atoms with van der Waals surface area (Å²) in [4.78, 5) is 60.1. The molecule has 0 bridgehead atoms. The smallest absolute Gasteiger partial charge is 0.330 e. The van der Waals surface area contributed by atoms with Gasteiger partial charge in [-0.05, 0) is 42.7 Å². The number of hydrogen-bond acceptors (Lipinski definition) is 5. The molecule has 0 spiro atoms. The van der Waals surface area contributed by atoms with Gasteiger partial charge in [0.25, 0.3) is 11.5 Å². The molecular formula is C25H26FN5O4. The zero-order valence-corrected chi connectivity index (χ0v) is 19.2. The maximum atomic E-state index is 14.7. The van der Waals surface area contributed by atoms with Crippen LogP contribution in [-0.4, -0.2) is 62.3 Å². The first-order chi connectivity index (χ1) is 16.9. The molecule has 2 aliphatic rings. The fourth-order valence-electron chi connectivity index (χ4n) is 5.01. The molecule has 35 heavy (non-hydrogen) atoms. The average molecular weight is 480 g/mol. The van der Waals surface area contributed by atoms with E-state index < -0.39 is 23.0 Å². The Kier molecular flexibility index (Phi) is 6.19. The van der Waals surface area contributed by atoms with E-state index >= 15 is 0 Å². The number of carbonyl (C=O) groups excluding carboxylic acids is 2. The molecule has 1 aliphatic heterocycles. The van der Waals surface area contributed by atoms with E-state index in [1.54, 1.807) is 17.0 Å². The second kappa shape index (κ2) is 9.44. The standard InChI is InChI=1S/C25H26FN5O4/c26-20-8-7-16(15-31-21-18(6-3-9-27-21)22(32)28-25(31)35)14-19(20)24(34)30-12-10-29(11-13-30)23(33)17-4-1-2-5-17/h3,6-9,14,17H,1-2,4-5,10-13,15H2,(H,28,32,35). The van der Waals surface area contributed by atoms with Gasteiger partial charge in [-0.3, -0.25) is 23.9 Å². The number of aromatic nitrogens is 3. The Morgan fingerprint density at radius 3 is 2.49 bits per heavy atom. The fourth-order valence-corrected chi connectivity index (χ4v) is 5.01. The van der Waals surface area contributed by atoms with Gasteiger partial charge in [-0.25, -0.2) is 14.2 Å². The van der Waals surface area contributed by atoms with Crippen molar-refractivity contribution < 1.29 is 14.0 Å². The van der Waals surface area contributed by atoms with Gasteiger partial charge >= 0.3 is 5.69 Å². The van der Waals surface area contributed by atoms with Crippen LogP contribution in [0.2, 0.25) is 0 Å². The number of nitrogens with one attached hydrogen (secondary N) is 1. The lowest BCUT2D eigenvalue weighted by atomic mass is 10.1. The van der Waals surface area contributed by atoms with Crippen LogP contribution in [0.25, 0.3) is 11.0 Å². The third-order valence-corrected chi connectivity index (χ3v) is 6.94. The van der Waals surface area contributed by atoms with Gasteiger partial charge in [-0.1, -0.05) is 18.9 Å². The van der Waals surface area contributed by atoms with Crippen molar-refractivity contribution in [3.63, 3.8) is 0 Å². The number of piperazine rings is 1. The number of H-pyrrole nitrogens is 1. The third-order valence-electron chi connectivity index (χ3n) is 6.94. The van der Waals surface area contributed by atoms with Gasteiger partial charge < -0.3 is 9.80 Å². The van der Waals surface area contributed by atoms with Crippen LogP contribution in [0.15, 0.2) is 46.1 Å². The van der Waals surface area contributed by atoms with E-state index in [9.17, 15) is 23.6 Å². The Balaban J connectivity index is 1.34. The van der Waals surface area contributed by atoms with Gasteiger partial charge in [0.05, 0.1) is 17.5 Å². The van der Waals surface area contributed by atoms with Crippen molar-refractivity contribution in [2.45, 2.75) is 32.2 Å².